The molecule has 0 aliphatic heterocycles. The molecule has 0 bridgehead atoms. The summed E-state index contributed by atoms with van der Waals surface area (Å²) in [6.07, 6.45) is 0. The first-order valence-corrected chi connectivity index (χ1v) is 5.28. The molecule has 0 spiro atoms. The Bertz CT molecular complexity index is 382. The van der Waals surface area contributed by atoms with E-state index in [9.17, 15) is 9.18 Å². The third-order valence-electron chi connectivity index (χ3n) is 2.07. The van der Waals surface area contributed by atoms with Gasteiger partial charge in [-0.2, -0.15) is 0 Å². The number of amides is 1. The summed E-state index contributed by atoms with van der Waals surface area (Å²) in [5.41, 5.74) is 0.876. The van der Waals surface area contributed by atoms with Crippen molar-refractivity contribution in [2.75, 3.05) is 26.9 Å². The van der Waals surface area contributed by atoms with Crippen molar-refractivity contribution >= 4 is 5.91 Å². The van der Waals surface area contributed by atoms with Gasteiger partial charge >= 0.3 is 0 Å². The molecular weight excluding hydrogens is 225 g/mol. The fourth-order valence-corrected chi connectivity index (χ4v) is 1.21. The van der Waals surface area contributed by atoms with E-state index in [2.05, 4.69) is 5.32 Å². The zero-order valence-corrected chi connectivity index (χ0v) is 9.96. The molecule has 17 heavy (non-hydrogen) atoms. The summed E-state index contributed by atoms with van der Waals surface area (Å²) in [5.74, 6) is -0.685. The van der Waals surface area contributed by atoms with Gasteiger partial charge in [0.15, 0.2) is 18.2 Å². The summed E-state index contributed by atoms with van der Waals surface area (Å²) in [6, 6.07) is 4.51. The Kier molecular flexibility index (Phi) is 5.42. The third-order valence-corrected chi connectivity index (χ3v) is 2.07. The molecule has 0 unspecified atom stereocenters. The second-order valence-electron chi connectivity index (χ2n) is 3.57. The van der Waals surface area contributed by atoms with Crippen LogP contribution < -0.4 is 10.1 Å². The van der Waals surface area contributed by atoms with Crippen LogP contribution in [0.5, 0.6) is 5.75 Å². The minimum absolute atomic E-state index is 0.0897. The van der Waals surface area contributed by atoms with Gasteiger partial charge in [-0.25, -0.2) is 4.39 Å². The normalized spacial score (nSPS) is 10.1. The average Bonchev–Trinajstić information content (AvgIpc) is 2.31. The number of ether oxygens (including phenoxy) is 2. The Morgan fingerprint density at radius 2 is 2.24 bits per heavy atom. The van der Waals surface area contributed by atoms with Crippen molar-refractivity contribution < 1.29 is 18.7 Å². The van der Waals surface area contributed by atoms with Gasteiger partial charge in [0.2, 0.25) is 0 Å². The van der Waals surface area contributed by atoms with E-state index in [4.69, 9.17) is 9.47 Å². The number of carbonyl (C=O) groups excluding carboxylic acids is 1. The Morgan fingerprint density at radius 1 is 1.47 bits per heavy atom. The minimum atomic E-state index is -0.472. The largest absolute Gasteiger partial charge is 0.481 e. The highest BCUT2D eigenvalue weighted by Gasteiger charge is 2.06. The van der Waals surface area contributed by atoms with Crippen LogP contribution in [0, 0.1) is 12.7 Å². The van der Waals surface area contributed by atoms with Crippen molar-refractivity contribution in [2.45, 2.75) is 6.92 Å². The molecule has 0 aromatic heterocycles. The summed E-state index contributed by atoms with van der Waals surface area (Å²) in [6.45, 7) is 2.47. The van der Waals surface area contributed by atoms with Gasteiger partial charge in [-0.15, -0.1) is 0 Å². The number of rotatable bonds is 6. The maximum absolute atomic E-state index is 13.2. The van der Waals surface area contributed by atoms with E-state index in [1.807, 2.05) is 6.92 Å². The molecule has 0 radical (unpaired) electrons. The van der Waals surface area contributed by atoms with Crippen LogP contribution in [0.4, 0.5) is 4.39 Å². The highest BCUT2D eigenvalue weighted by atomic mass is 19.1. The van der Waals surface area contributed by atoms with Crippen molar-refractivity contribution in [2.24, 2.45) is 0 Å². The number of hydrogen-bond donors (Lipinski definition) is 1. The Labute approximate surface area is 99.7 Å². The van der Waals surface area contributed by atoms with Gasteiger partial charge in [-0.3, -0.25) is 4.79 Å². The van der Waals surface area contributed by atoms with E-state index in [0.29, 0.717) is 13.2 Å². The number of halogens is 1. The maximum atomic E-state index is 13.2. The lowest BCUT2D eigenvalue weighted by Crippen LogP contribution is -2.31. The predicted molar refractivity (Wildman–Crippen MR) is 61.5 cm³/mol. The number of methoxy groups -OCH3 is 1. The first-order valence-electron chi connectivity index (χ1n) is 5.28. The van der Waals surface area contributed by atoms with Crippen molar-refractivity contribution in [3.8, 4) is 5.75 Å². The van der Waals surface area contributed by atoms with Crippen LogP contribution in [0.25, 0.3) is 0 Å². The van der Waals surface area contributed by atoms with Crippen LogP contribution in [-0.4, -0.2) is 32.8 Å². The second-order valence-corrected chi connectivity index (χ2v) is 3.57. The van der Waals surface area contributed by atoms with Gasteiger partial charge in [0, 0.05) is 13.7 Å². The molecule has 0 aliphatic carbocycles. The van der Waals surface area contributed by atoms with Crippen LogP contribution in [0.1, 0.15) is 5.56 Å². The fraction of sp³-hybridized carbons (Fsp3) is 0.417. The lowest BCUT2D eigenvalue weighted by molar-refractivity contribution is -0.123. The summed E-state index contributed by atoms with van der Waals surface area (Å²) >= 11 is 0. The highest BCUT2D eigenvalue weighted by Crippen LogP contribution is 2.17. The second kappa shape index (κ2) is 6.85. The molecule has 1 amide bonds. The number of hydrogen-bond acceptors (Lipinski definition) is 3. The molecule has 0 heterocycles. The number of aryl methyl sites for hydroxylation is 1. The zero-order chi connectivity index (χ0) is 12.7. The number of nitrogens with one attached hydrogen (secondary N) is 1. The molecule has 4 nitrogen and oxygen atoms in total. The molecule has 0 saturated heterocycles. The quantitative estimate of drug-likeness (QED) is 0.763. The average molecular weight is 241 g/mol. The Morgan fingerprint density at radius 3 is 2.94 bits per heavy atom. The molecular formula is C12H16FNO3. The van der Waals surface area contributed by atoms with Gasteiger partial charge in [0.1, 0.15) is 0 Å². The van der Waals surface area contributed by atoms with Gasteiger partial charge in [0.25, 0.3) is 5.91 Å². The SMILES string of the molecule is COCCNC(=O)COc1cc(C)ccc1F. The van der Waals surface area contributed by atoms with E-state index >= 15 is 0 Å². The molecule has 0 atom stereocenters. The molecule has 5 heteroatoms. The monoisotopic (exact) mass is 241 g/mol. The molecule has 0 saturated carbocycles. The summed E-state index contributed by atoms with van der Waals surface area (Å²) < 4.78 is 23.1. The Balaban J connectivity index is 2.39. The maximum Gasteiger partial charge on any atom is 0.258 e. The van der Waals surface area contributed by atoms with E-state index in [-0.39, 0.29) is 18.3 Å². The summed E-state index contributed by atoms with van der Waals surface area (Å²) in [7, 11) is 1.55. The van der Waals surface area contributed by atoms with Crippen molar-refractivity contribution in [1.29, 1.82) is 0 Å². The van der Waals surface area contributed by atoms with Crippen LogP contribution in [0.15, 0.2) is 18.2 Å². The van der Waals surface area contributed by atoms with Gasteiger partial charge in [-0.05, 0) is 24.6 Å². The van der Waals surface area contributed by atoms with E-state index < -0.39 is 5.82 Å². The third kappa shape index (κ3) is 4.82. The Hall–Kier alpha value is -1.62. The molecule has 0 fully saturated rings. The van der Waals surface area contributed by atoms with E-state index in [1.165, 1.54) is 6.07 Å². The summed E-state index contributed by atoms with van der Waals surface area (Å²) in [5, 5.41) is 2.58. The first kappa shape index (κ1) is 13.4. The van der Waals surface area contributed by atoms with Crippen molar-refractivity contribution in [3.05, 3.63) is 29.6 Å². The lowest BCUT2D eigenvalue weighted by atomic mass is 10.2. The standard InChI is InChI=1S/C12H16FNO3/c1-9-3-4-10(13)11(7-9)17-8-12(15)14-5-6-16-2/h3-4,7H,5-6,8H2,1-2H3,(H,14,15). The smallest absolute Gasteiger partial charge is 0.258 e. The van der Waals surface area contributed by atoms with Crippen LogP contribution in [0.2, 0.25) is 0 Å². The zero-order valence-electron chi connectivity index (χ0n) is 9.96. The molecule has 1 N–H and O–H groups in total. The van der Waals surface area contributed by atoms with Gasteiger partial charge < -0.3 is 14.8 Å². The molecule has 0 aliphatic rings. The highest BCUT2D eigenvalue weighted by molar-refractivity contribution is 5.77. The molecule has 1 aromatic carbocycles. The number of carbonyl (C=O) groups is 1. The fourth-order valence-electron chi connectivity index (χ4n) is 1.21. The predicted octanol–water partition coefficient (Wildman–Crippen LogP) is 1.28. The molecule has 1 rings (SSSR count). The minimum Gasteiger partial charge on any atom is -0.481 e. The molecule has 1 aromatic rings. The lowest BCUT2D eigenvalue weighted by Gasteiger charge is -2.08. The topological polar surface area (TPSA) is 47.6 Å². The van der Waals surface area contributed by atoms with Crippen molar-refractivity contribution in [3.63, 3.8) is 0 Å². The van der Waals surface area contributed by atoms with E-state index in [0.717, 1.165) is 5.56 Å². The van der Waals surface area contributed by atoms with Crippen molar-refractivity contribution in [1.82, 2.24) is 5.32 Å². The number of benzene rings is 1. The molecule has 94 valence electrons. The van der Waals surface area contributed by atoms with Crippen LogP contribution in [-0.2, 0) is 9.53 Å². The summed E-state index contributed by atoms with van der Waals surface area (Å²) in [4.78, 5) is 11.3. The first-order chi connectivity index (χ1) is 8.13. The van der Waals surface area contributed by atoms with E-state index in [1.54, 1.807) is 19.2 Å². The van der Waals surface area contributed by atoms with Gasteiger partial charge in [0.05, 0.1) is 6.61 Å². The van der Waals surface area contributed by atoms with Gasteiger partial charge in [-0.1, -0.05) is 6.07 Å². The van der Waals surface area contributed by atoms with Crippen LogP contribution in [0.3, 0.4) is 0 Å². The van der Waals surface area contributed by atoms with Crippen LogP contribution >= 0.6 is 0 Å².